The highest BCUT2D eigenvalue weighted by Crippen LogP contribution is 2.17. The van der Waals surface area contributed by atoms with E-state index in [2.05, 4.69) is 32.9 Å². The molecular formula is C57H110O5. The third-order valence-electron chi connectivity index (χ3n) is 12.8. The Bertz CT molecular complexity index is 902. The summed E-state index contributed by atoms with van der Waals surface area (Å²) in [6, 6.07) is 0. The quantitative estimate of drug-likeness (QED) is 0.0346. The van der Waals surface area contributed by atoms with Crippen molar-refractivity contribution < 1.29 is 23.8 Å². The first-order valence-corrected chi connectivity index (χ1v) is 28.2. The lowest BCUT2D eigenvalue weighted by atomic mass is 10.0. The normalized spacial score (nSPS) is 12.1. The minimum atomic E-state index is -0.527. The van der Waals surface area contributed by atoms with Crippen LogP contribution in [-0.2, 0) is 23.8 Å². The Morgan fingerprint density at radius 1 is 0.339 bits per heavy atom. The highest BCUT2D eigenvalue weighted by Gasteiger charge is 2.17. The Morgan fingerprint density at radius 2 is 0.629 bits per heavy atom. The first-order valence-electron chi connectivity index (χ1n) is 28.2. The van der Waals surface area contributed by atoms with E-state index in [1.807, 2.05) is 0 Å². The molecule has 0 aliphatic rings. The van der Waals surface area contributed by atoms with Gasteiger partial charge in [0.05, 0.1) is 6.61 Å². The zero-order valence-electron chi connectivity index (χ0n) is 42.4. The van der Waals surface area contributed by atoms with E-state index < -0.39 is 6.10 Å². The summed E-state index contributed by atoms with van der Waals surface area (Å²) >= 11 is 0. The SMILES string of the molecule is CCCCCCCC/C=C\CCCCCCCCCCCCOCC(COC(=O)CCCCCCCCCCCCCCCCC)OC(=O)CCCCCCCCCCCCC. The van der Waals surface area contributed by atoms with Gasteiger partial charge in [-0.15, -0.1) is 0 Å². The topological polar surface area (TPSA) is 61.8 Å². The molecule has 0 aliphatic heterocycles. The fourth-order valence-electron chi connectivity index (χ4n) is 8.57. The molecule has 0 saturated heterocycles. The first-order chi connectivity index (χ1) is 30.6. The molecule has 1 unspecified atom stereocenters. The monoisotopic (exact) mass is 875 g/mol. The van der Waals surface area contributed by atoms with E-state index in [4.69, 9.17) is 14.2 Å². The summed E-state index contributed by atoms with van der Waals surface area (Å²) in [7, 11) is 0. The van der Waals surface area contributed by atoms with Crippen LogP contribution in [-0.4, -0.2) is 37.9 Å². The lowest BCUT2D eigenvalue weighted by Gasteiger charge is -2.18. The Balaban J connectivity index is 4.14. The summed E-state index contributed by atoms with van der Waals surface area (Å²) in [5, 5.41) is 0. The van der Waals surface area contributed by atoms with Crippen LogP contribution < -0.4 is 0 Å². The predicted octanol–water partition coefficient (Wildman–Crippen LogP) is 19.0. The van der Waals surface area contributed by atoms with Gasteiger partial charge in [0.2, 0.25) is 0 Å². The molecule has 0 aromatic rings. The van der Waals surface area contributed by atoms with Crippen LogP contribution in [0.25, 0.3) is 0 Å². The van der Waals surface area contributed by atoms with Gasteiger partial charge in [-0.05, 0) is 44.9 Å². The molecule has 0 saturated carbocycles. The highest BCUT2D eigenvalue weighted by molar-refractivity contribution is 5.70. The van der Waals surface area contributed by atoms with E-state index in [-0.39, 0.29) is 18.5 Å². The van der Waals surface area contributed by atoms with Crippen molar-refractivity contribution in [2.45, 2.75) is 322 Å². The second kappa shape index (κ2) is 54.0. The third-order valence-corrected chi connectivity index (χ3v) is 12.8. The zero-order valence-corrected chi connectivity index (χ0v) is 42.4. The van der Waals surface area contributed by atoms with Crippen molar-refractivity contribution in [2.75, 3.05) is 19.8 Å². The summed E-state index contributed by atoms with van der Waals surface area (Å²) in [6.07, 6.45) is 62.3. The van der Waals surface area contributed by atoms with Crippen molar-refractivity contribution in [3.63, 3.8) is 0 Å². The second-order valence-corrected chi connectivity index (χ2v) is 19.2. The van der Waals surface area contributed by atoms with E-state index in [9.17, 15) is 9.59 Å². The van der Waals surface area contributed by atoms with Crippen LogP contribution in [0.1, 0.15) is 316 Å². The van der Waals surface area contributed by atoms with E-state index in [1.54, 1.807) is 0 Å². The molecule has 0 aliphatic carbocycles. The van der Waals surface area contributed by atoms with Crippen molar-refractivity contribution in [2.24, 2.45) is 0 Å². The summed E-state index contributed by atoms with van der Waals surface area (Å²) in [5.41, 5.74) is 0. The molecule has 0 radical (unpaired) electrons. The summed E-state index contributed by atoms with van der Waals surface area (Å²) < 4.78 is 17.5. The second-order valence-electron chi connectivity index (χ2n) is 19.2. The van der Waals surface area contributed by atoms with E-state index in [0.29, 0.717) is 26.1 Å². The molecule has 0 aromatic carbocycles. The smallest absolute Gasteiger partial charge is 0.306 e. The fourth-order valence-corrected chi connectivity index (χ4v) is 8.57. The van der Waals surface area contributed by atoms with Crippen LogP contribution in [0.15, 0.2) is 12.2 Å². The molecule has 0 aromatic heterocycles. The standard InChI is InChI=1S/C57H110O5/c1-4-7-10-13-16-19-22-24-26-27-28-29-30-32-34-37-40-43-46-49-52-60-53-55(62-57(59)51-48-45-42-39-35-21-18-15-12-9-6-3)54-61-56(58)50-47-44-41-38-36-33-31-25-23-20-17-14-11-8-5-2/h24,26,55H,4-23,25,27-54H2,1-3H3/b26-24-. The Labute approximate surface area is 388 Å². The molecular weight excluding hydrogens is 765 g/mol. The summed E-state index contributed by atoms with van der Waals surface area (Å²) in [5.74, 6) is -0.374. The zero-order chi connectivity index (χ0) is 44.9. The van der Waals surface area contributed by atoms with Crippen LogP contribution >= 0.6 is 0 Å². The average molecular weight is 876 g/mol. The Morgan fingerprint density at radius 3 is 0.984 bits per heavy atom. The Kier molecular flexibility index (Phi) is 52.8. The largest absolute Gasteiger partial charge is 0.462 e. The Hall–Kier alpha value is -1.36. The van der Waals surface area contributed by atoms with Crippen LogP contribution in [0.5, 0.6) is 0 Å². The third kappa shape index (κ3) is 51.3. The van der Waals surface area contributed by atoms with E-state index in [1.165, 1.54) is 250 Å². The first kappa shape index (κ1) is 60.6. The van der Waals surface area contributed by atoms with Crippen molar-refractivity contribution in [3.05, 3.63) is 12.2 Å². The molecule has 0 N–H and O–H groups in total. The molecule has 62 heavy (non-hydrogen) atoms. The lowest BCUT2D eigenvalue weighted by molar-refractivity contribution is -0.163. The minimum absolute atomic E-state index is 0.0948. The number of ether oxygens (including phenoxy) is 3. The molecule has 0 bridgehead atoms. The number of carbonyl (C=O) groups excluding carboxylic acids is 2. The van der Waals surface area contributed by atoms with Crippen molar-refractivity contribution in [1.29, 1.82) is 0 Å². The maximum Gasteiger partial charge on any atom is 0.306 e. The predicted molar refractivity (Wildman–Crippen MR) is 270 cm³/mol. The number of esters is 2. The maximum atomic E-state index is 12.8. The molecule has 368 valence electrons. The molecule has 1 atom stereocenters. The molecule has 0 fully saturated rings. The maximum absolute atomic E-state index is 12.8. The van der Waals surface area contributed by atoms with E-state index in [0.717, 1.165) is 32.1 Å². The van der Waals surface area contributed by atoms with Gasteiger partial charge in [0, 0.05) is 19.4 Å². The number of hydrogen-bond donors (Lipinski definition) is 0. The number of unbranched alkanes of at least 4 members (excludes halogenated alkanes) is 40. The highest BCUT2D eigenvalue weighted by atomic mass is 16.6. The number of allylic oxidation sites excluding steroid dienone is 2. The van der Waals surface area contributed by atoms with Gasteiger partial charge < -0.3 is 14.2 Å². The van der Waals surface area contributed by atoms with Gasteiger partial charge >= 0.3 is 11.9 Å². The van der Waals surface area contributed by atoms with Crippen LogP contribution in [0.4, 0.5) is 0 Å². The molecule has 5 heteroatoms. The van der Waals surface area contributed by atoms with Gasteiger partial charge in [-0.1, -0.05) is 270 Å². The van der Waals surface area contributed by atoms with Gasteiger partial charge in [0.1, 0.15) is 6.61 Å². The van der Waals surface area contributed by atoms with Gasteiger partial charge in [-0.3, -0.25) is 9.59 Å². The van der Waals surface area contributed by atoms with Crippen LogP contribution in [0, 0.1) is 0 Å². The van der Waals surface area contributed by atoms with Gasteiger partial charge in [-0.2, -0.15) is 0 Å². The fraction of sp³-hybridized carbons (Fsp3) is 0.930. The average Bonchev–Trinajstić information content (AvgIpc) is 3.27. The molecule has 0 amide bonds. The lowest BCUT2D eigenvalue weighted by Crippen LogP contribution is -2.30. The number of rotatable bonds is 53. The van der Waals surface area contributed by atoms with Gasteiger partial charge in [0.25, 0.3) is 0 Å². The summed E-state index contributed by atoms with van der Waals surface area (Å²) in [4.78, 5) is 25.4. The van der Waals surface area contributed by atoms with Crippen molar-refractivity contribution in [3.8, 4) is 0 Å². The molecule has 0 spiro atoms. The van der Waals surface area contributed by atoms with Gasteiger partial charge in [-0.25, -0.2) is 0 Å². The van der Waals surface area contributed by atoms with Gasteiger partial charge in [0.15, 0.2) is 6.10 Å². The van der Waals surface area contributed by atoms with Crippen molar-refractivity contribution >= 4 is 11.9 Å². The van der Waals surface area contributed by atoms with E-state index >= 15 is 0 Å². The van der Waals surface area contributed by atoms with Crippen LogP contribution in [0.3, 0.4) is 0 Å². The number of hydrogen-bond acceptors (Lipinski definition) is 5. The molecule has 5 nitrogen and oxygen atoms in total. The van der Waals surface area contributed by atoms with Crippen molar-refractivity contribution in [1.82, 2.24) is 0 Å². The minimum Gasteiger partial charge on any atom is -0.462 e. The summed E-state index contributed by atoms with van der Waals surface area (Å²) in [6.45, 7) is 7.89. The van der Waals surface area contributed by atoms with Crippen LogP contribution in [0.2, 0.25) is 0 Å². The molecule has 0 heterocycles. The number of carbonyl (C=O) groups is 2. The molecule has 0 rings (SSSR count).